The molecule has 1 saturated carbocycles. The number of methoxy groups -OCH3 is 3. The number of ketones is 2. The highest BCUT2D eigenvalue weighted by atomic mass is 32.2. The van der Waals surface area contributed by atoms with Crippen LogP contribution in [0, 0.1) is 29.6 Å². The van der Waals surface area contributed by atoms with E-state index < -0.39 is 77.8 Å². The van der Waals surface area contributed by atoms with Crippen molar-refractivity contribution in [3.8, 4) is 0 Å². The second-order valence-electron chi connectivity index (χ2n) is 19.8. The summed E-state index contributed by atoms with van der Waals surface area (Å²) in [5, 5.41) is 23.9. The van der Waals surface area contributed by atoms with Gasteiger partial charge in [0, 0.05) is 65.1 Å². The van der Waals surface area contributed by atoms with Crippen LogP contribution < -0.4 is 0 Å². The molecule has 1 aliphatic carbocycles. The molecule has 0 spiro atoms. The van der Waals surface area contributed by atoms with Gasteiger partial charge in [0.2, 0.25) is 5.79 Å². The number of thioether (sulfide) groups is 1. The molecule has 4 aliphatic heterocycles. The number of carbonyl (C=O) groups is 5. The number of aliphatic hydroxyl groups excluding tert-OH is 1. The summed E-state index contributed by atoms with van der Waals surface area (Å²) < 4.78 is 41.7. The molecule has 0 aromatic carbocycles. The van der Waals surface area contributed by atoms with Crippen molar-refractivity contribution in [1.82, 2.24) is 4.90 Å². The van der Waals surface area contributed by atoms with Gasteiger partial charge in [0.25, 0.3) is 11.7 Å². The van der Waals surface area contributed by atoms with Gasteiger partial charge in [-0.15, -0.1) is 18.3 Å². The first-order valence-corrected chi connectivity index (χ1v) is 25.6. The molecule has 4 fully saturated rings. The normalized spacial score (nSPS) is 38.8. The first kappa shape index (κ1) is 55.0. The van der Waals surface area contributed by atoms with Crippen molar-refractivity contribution in [2.24, 2.45) is 29.6 Å². The van der Waals surface area contributed by atoms with Crippen molar-refractivity contribution in [3.05, 3.63) is 36.0 Å². The van der Waals surface area contributed by atoms with E-state index in [0.717, 1.165) is 37.0 Å². The van der Waals surface area contributed by atoms with Crippen LogP contribution in [0.4, 0.5) is 0 Å². The van der Waals surface area contributed by atoms with Crippen LogP contribution in [-0.4, -0.2) is 151 Å². The fourth-order valence-electron chi connectivity index (χ4n) is 10.7. The Morgan fingerprint density at radius 2 is 1.64 bits per heavy atom. The highest BCUT2D eigenvalue weighted by Crippen LogP contribution is 2.39. The van der Waals surface area contributed by atoms with E-state index in [9.17, 15) is 34.2 Å². The quantitative estimate of drug-likeness (QED) is 0.0930. The molecule has 0 radical (unpaired) electrons. The summed E-state index contributed by atoms with van der Waals surface area (Å²) in [6.07, 6.45) is 7.47. The second kappa shape index (κ2) is 25.8. The Morgan fingerprint density at radius 3 is 2.31 bits per heavy atom. The maximum absolute atomic E-state index is 14.5. The van der Waals surface area contributed by atoms with Gasteiger partial charge in [-0.2, -0.15) is 0 Å². The van der Waals surface area contributed by atoms with Crippen LogP contribution in [0.1, 0.15) is 118 Å². The number of hydrogen-bond donors (Lipinski definition) is 2. The Labute approximate surface area is 402 Å². The number of ether oxygens (including phenoxy) is 7. The Kier molecular flexibility index (Phi) is 21.1. The third-order valence-electron chi connectivity index (χ3n) is 14.7. The van der Waals surface area contributed by atoms with Crippen molar-refractivity contribution in [2.75, 3.05) is 46.8 Å². The minimum Gasteiger partial charge on any atom is -0.465 e. The molecule has 1 amide bonds. The molecule has 3 saturated heterocycles. The Balaban J connectivity index is 1.42. The molecule has 16 heteroatoms. The van der Waals surface area contributed by atoms with Crippen LogP contribution in [-0.2, 0) is 57.1 Å². The number of fused-ring (bicyclic) bond motifs is 3. The first-order chi connectivity index (χ1) is 31.9. The van der Waals surface area contributed by atoms with Crippen LogP contribution in [0.25, 0.3) is 0 Å². The Hall–Kier alpha value is -2.96. The summed E-state index contributed by atoms with van der Waals surface area (Å²) in [4.78, 5) is 70.4. The zero-order valence-electron chi connectivity index (χ0n) is 41.2. The van der Waals surface area contributed by atoms with Gasteiger partial charge in [-0.05, 0) is 108 Å². The van der Waals surface area contributed by atoms with Gasteiger partial charge >= 0.3 is 11.9 Å². The zero-order chi connectivity index (χ0) is 49.0. The molecule has 5 aliphatic rings. The molecule has 0 aromatic heterocycles. The summed E-state index contributed by atoms with van der Waals surface area (Å²) in [6.45, 7) is 14.2. The number of carbonyl (C=O) groups excluding carboxylic acids is 5. The summed E-state index contributed by atoms with van der Waals surface area (Å²) in [5.41, 5.74) is 1.63. The predicted molar refractivity (Wildman–Crippen MR) is 253 cm³/mol. The van der Waals surface area contributed by atoms with Gasteiger partial charge in [-0.1, -0.05) is 44.6 Å². The van der Waals surface area contributed by atoms with Crippen LogP contribution in [0.5, 0.6) is 0 Å². The van der Waals surface area contributed by atoms with E-state index in [0.29, 0.717) is 57.3 Å². The van der Waals surface area contributed by atoms with E-state index in [1.807, 2.05) is 26.8 Å². The van der Waals surface area contributed by atoms with Gasteiger partial charge in [0.15, 0.2) is 0 Å². The van der Waals surface area contributed by atoms with Crippen LogP contribution in [0.2, 0.25) is 0 Å². The third-order valence-corrected chi connectivity index (χ3v) is 16.0. The topological polar surface area (TPSA) is 194 Å². The van der Waals surface area contributed by atoms with Gasteiger partial charge in [-0.25, -0.2) is 4.79 Å². The molecule has 15 atom stereocenters. The predicted octanol–water partition coefficient (Wildman–Crippen LogP) is 6.10. The van der Waals surface area contributed by atoms with Crippen molar-refractivity contribution in [3.63, 3.8) is 0 Å². The van der Waals surface area contributed by atoms with E-state index in [1.165, 1.54) is 19.1 Å². The SMILES string of the molecule is C=CC[C@@H]1/C=C(\C)C[C@H](C)C[C@H](OC)[C@H]2O[C@@](O)(C(=O)C(=O)N3CCCC[C@H]3C(=O)OC(/C(C)=C/[C@@H]3CC[C@@H](OCCCS[C@H]4CCOC4=O)[C@H](OC)C3)[C@H](C)[C@@H](O)CC1=O)[C@H](C)C[C@@H]2OC. The van der Waals surface area contributed by atoms with Gasteiger partial charge < -0.3 is 48.3 Å². The molecule has 15 nitrogen and oxygen atoms in total. The van der Waals surface area contributed by atoms with Crippen molar-refractivity contribution >= 4 is 41.2 Å². The lowest BCUT2D eigenvalue weighted by Gasteiger charge is -2.47. The average molecular weight is 962 g/mol. The summed E-state index contributed by atoms with van der Waals surface area (Å²) in [6, 6.07) is -1.15. The number of cyclic esters (lactones) is 2. The lowest BCUT2D eigenvalue weighted by atomic mass is 9.81. The van der Waals surface area contributed by atoms with E-state index >= 15 is 0 Å². The fourth-order valence-corrected chi connectivity index (χ4v) is 11.8. The summed E-state index contributed by atoms with van der Waals surface area (Å²) in [5.74, 6) is -7.13. The molecular formula is C51H79NO14S. The van der Waals surface area contributed by atoms with Crippen LogP contribution >= 0.6 is 11.8 Å². The number of amides is 1. The molecule has 5 rings (SSSR count). The standard InChI is InChI=1S/C51H79NO14S/c1-10-14-36-24-30(2)23-31(3)25-42(61-8)46-43(62-9)27-33(5)51(59,66-46)47(55)48(56)52-19-12-11-15-37(52)49(57)65-45(34(6)38(53)29-39(36)54)32(4)26-35-16-17-40(41(28-35)60-7)63-20-13-22-67-44-18-21-64-50(44)58/h10,24,26,31,33-38,40-46,53,59H,1,11-23,25,27-29H2,2-9H3/b30-24+,32-26+/t31-,33+,34+,35-,36+,37-,38-,40+,41+,42-,43-,44-,45?,46+,51+/m0/s1. The second-order valence-corrected chi connectivity index (χ2v) is 21.1. The summed E-state index contributed by atoms with van der Waals surface area (Å²) in [7, 11) is 4.72. The monoisotopic (exact) mass is 962 g/mol. The van der Waals surface area contributed by atoms with Gasteiger partial charge in [0.1, 0.15) is 29.3 Å². The minimum atomic E-state index is -2.52. The molecular weight excluding hydrogens is 883 g/mol. The molecule has 1 unspecified atom stereocenters. The largest absolute Gasteiger partial charge is 0.465 e. The number of allylic oxidation sites excluding steroid dienone is 4. The Morgan fingerprint density at radius 1 is 0.925 bits per heavy atom. The van der Waals surface area contributed by atoms with Crippen molar-refractivity contribution in [2.45, 2.75) is 178 Å². The highest BCUT2D eigenvalue weighted by Gasteiger charge is 2.56. The van der Waals surface area contributed by atoms with Crippen LogP contribution in [0.15, 0.2) is 36.0 Å². The number of nitrogens with zero attached hydrogens (tertiary/aromatic N) is 1. The first-order valence-electron chi connectivity index (χ1n) is 24.6. The number of hydrogen-bond acceptors (Lipinski definition) is 15. The van der Waals surface area contributed by atoms with E-state index in [-0.39, 0.29) is 66.9 Å². The van der Waals surface area contributed by atoms with Crippen molar-refractivity contribution < 1.29 is 67.3 Å². The maximum Gasteiger partial charge on any atom is 0.329 e. The highest BCUT2D eigenvalue weighted by molar-refractivity contribution is 8.00. The number of esters is 2. The fraction of sp³-hybridized carbons (Fsp3) is 0.784. The van der Waals surface area contributed by atoms with Gasteiger partial charge in [-0.3, -0.25) is 19.2 Å². The number of piperidine rings is 1. The number of aliphatic hydroxyl groups is 2. The lowest BCUT2D eigenvalue weighted by molar-refractivity contribution is -0.302. The summed E-state index contributed by atoms with van der Waals surface area (Å²) >= 11 is 1.61. The van der Waals surface area contributed by atoms with E-state index in [1.54, 1.807) is 38.8 Å². The van der Waals surface area contributed by atoms with E-state index in [4.69, 9.17) is 33.2 Å². The average Bonchev–Trinajstić information content (AvgIpc) is 3.73. The van der Waals surface area contributed by atoms with E-state index in [2.05, 4.69) is 12.7 Å². The molecule has 378 valence electrons. The number of Topliss-reactive ketones (excluding diaryl/α,β-unsaturated/α-hetero) is 2. The van der Waals surface area contributed by atoms with Crippen molar-refractivity contribution in [1.29, 1.82) is 0 Å². The molecule has 67 heavy (non-hydrogen) atoms. The Bertz CT molecular complexity index is 1770. The molecule has 2 bridgehead atoms. The minimum absolute atomic E-state index is 0.00117. The number of rotatable bonds is 13. The third kappa shape index (κ3) is 14.1. The molecule has 4 heterocycles. The maximum atomic E-state index is 14.5. The lowest BCUT2D eigenvalue weighted by Crippen LogP contribution is -2.64. The molecule has 0 aromatic rings. The van der Waals surface area contributed by atoms with Crippen LogP contribution in [0.3, 0.4) is 0 Å². The zero-order valence-corrected chi connectivity index (χ0v) is 42.0. The van der Waals surface area contributed by atoms with Gasteiger partial charge in [0.05, 0.1) is 37.1 Å². The smallest absolute Gasteiger partial charge is 0.329 e. The molecule has 2 N–H and O–H groups in total.